The number of rotatable bonds is 3. The number of ether oxygens (including phenoxy) is 1. The second-order valence-corrected chi connectivity index (χ2v) is 8.76. The highest BCUT2D eigenvalue weighted by molar-refractivity contribution is 6.33. The van der Waals surface area contributed by atoms with E-state index in [0.29, 0.717) is 57.3 Å². The minimum Gasteiger partial charge on any atom is -0.381 e. The molecule has 5 nitrogen and oxygen atoms in total. The molecule has 2 amide bonds. The van der Waals surface area contributed by atoms with Gasteiger partial charge in [-0.2, -0.15) is 0 Å². The molecule has 2 aliphatic heterocycles. The third-order valence-corrected chi connectivity index (χ3v) is 6.70. The first-order valence-corrected chi connectivity index (χ1v) is 11.0. The van der Waals surface area contributed by atoms with E-state index in [1.807, 2.05) is 23.1 Å². The fourth-order valence-corrected chi connectivity index (χ4v) is 4.82. The van der Waals surface area contributed by atoms with Crippen molar-refractivity contribution in [2.45, 2.75) is 18.3 Å². The van der Waals surface area contributed by atoms with Gasteiger partial charge in [-0.3, -0.25) is 9.59 Å². The van der Waals surface area contributed by atoms with Crippen molar-refractivity contribution in [2.75, 3.05) is 39.4 Å². The van der Waals surface area contributed by atoms with Crippen LogP contribution < -0.4 is 0 Å². The molecular formula is C23H23Cl2FN2O3. The van der Waals surface area contributed by atoms with Crippen LogP contribution in [0.5, 0.6) is 0 Å². The Bertz CT molecular complexity index is 987. The molecule has 0 aromatic heterocycles. The lowest BCUT2D eigenvalue weighted by molar-refractivity contribution is -0.142. The fourth-order valence-electron chi connectivity index (χ4n) is 4.38. The van der Waals surface area contributed by atoms with E-state index in [1.165, 1.54) is 12.1 Å². The summed E-state index contributed by atoms with van der Waals surface area (Å²) in [6, 6.07) is 11.2. The Kier molecular flexibility index (Phi) is 6.51. The van der Waals surface area contributed by atoms with Crippen LogP contribution >= 0.6 is 23.2 Å². The molecule has 2 heterocycles. The molecule has 2 aromatic rings. The smallest absolute Gasteiger partial charge is 0.255 e. The van der Waals surface area contributed by atoms with E-state index in [-0.39, 0.29) is 22.4 Å². The zero-order chi connectivity index (χ0) is 22.0. The molecule has 0 unspecified atom stereocenters. The highest BCUT2D eigenvalue weighted by atomic mass is 35.5. The molecule has 0 spiro atoms. The second-order valence-electron chi connectivity index (χ2n) is 7.91. The zero-order valence-corrected chi connectivity index (χ0v) is 18.5. The summed E-state index contributed by atoms with van der Waals surface area (Å²) < 4.78 is 18.8. The van der Waals surface area contributed by atoms with Crippen molar-refractivity contribution < 1.29 is 18.7 Å². The van der Waals surface area contributed by atoms with E-state index < -0.39 is 11.2 Å². The summed E-state index contributed by atoms with van der Waals surface area (Å²) in [5.74, 6) is -0.697. The van der Waals surface area contributed by atoms with Gasteiger partial charge in [-0.1, -0.05) is 35.3 Å². The van der Waals surface area contributed by atoms with Gasteiger partial charge in [0.05, 0.1) is 16.0 Å². The van der Waals surface area contributed by atoms with Crippen LogP contribution in [0.25, 0.3) is 0 Å². The standard InChI is InChI=1S/C23H23Cl2FN2O3/c24-17-3-1-2-16(14-17)23(6-12-31-13-7-23)22(30)28-10-8-27(9-11-28)21(29)19-5-4-18(26)15-20(19)25/h1-5,14-15H,6-13H2. The Hall–Kier alpha value is -2.15. The third kappa shape index (κ3) is 4.43. The van der Waals surface area contributed by atoms with Crippen molar-refractivity contribution in [3.63, 3.8) is 0 Å². The van der Waals surface area contributed by atoms with E-state index in [4.69, 9.17) is 27.9 Å². The molecule has 0 bridgehead atoms. The monoisotopic (exact) mass is 464 g/mol. The minimum atomic E-state index is -0.671. The van der Waals surface area contributed by atoms with Gasteiger partial charge in [0.2, 0.25) is 5.91 Å². The van der Waals surface area contributed by atoms with Gasteiger partial charge in [-0.05, 0) is 48.7 Å². The van der Waals surface area contributed by atoms with Gasteiger partial charge in [0.25, 0.3) is 5.91 Å². The van der Waals surface area contributed by atoms with Crippen molar-refractivity contribution in [2.24, 2.45) is 0 Å². The first kappa shape index (κ1) is 22.1. The topological polar surface area (TPSA) is 49.9 Å². The summed E-state index contributed by atoms with van der Waals surface area (Å²) in [6.45, 7) is 2.65. The number of carbonyl (C=O) groups is 2. The number of amides is 2. The Morgan fingerprint density at radius 1 is 0.935 bits per heavy atom. The van der Waals surface area contributed by atoms with E-state index >= 15 is 0 Å². The highest BCUT2D eigenvalue weighted by Gasteiger charge is 2.45. The highest BCUT2D eigenvalue weighted by Crippen LogP contribution is 2.38. The van der Waals surface area contributed by atoms with Crippen molar-refractivity contribution >= 4 is 35.0 Å². The molecule has 8 heteroatoms. The largest absolute Gasteiger partial charge is 0.381 e. The van der Waals surface area contributed by atoms with Crippen molar-refractivity contribution in [3.8, 4) is 0 Å². The summed E-state index contributed by atoms with van der Waals surface area (Å²) in [6.07, 6.45) is 1.19. The van der Waals surface area contributed by atoms with Gasteiger partial charge >= 0.3 is 0 Å². The maximum Gasteiger partial charge on any atom is 0.255 e. The Morgan fingerprint density at radius 3 is 2.26 bits per heavy atom. The van der Waals surface area contributed by atoms with Crippen LogP contribution in [-0.4, -0.2) is 61.0 Å². The lowest BCUT2D eigenvalue weighted by Gasteiger charge is -2.43. The van der Waals surface area contributed by atoms with Crippen LogP contribution in [0, 0.1) is 5.82 Å². The van der Waals surface area contributed by atoms with Crippen molar-refractivity contribution in [1.82, 2.24) is 9.80 Å². The molecule has 2 aliphatic rings. The van der Waals surface area contributed by atoms with Gasteiger partial charge in [0.15, 0.2) is 0 Å². The van der Waals surface area contributed by atoms with Crippen LogP contribution in [0.3, 0.4) is 0 Å². The summed E-state index contributed by atoms with van der Waals surface area (Å²) in [5.41, 5.74) is 0.503. The first-order chi connectivity index (χ1) is 14.9. The molecule has 164 valence electrons. The van der Waals surface area contributed by atoms with Crippen LogP contribution in [0.15, 0.2) is 42.5 Å². The molecule has 0 saturated carbocycles. The average molecular weight is 465 g/mol. The number of nitrogens with zero attached hydrogens (tertiary/aromatic N) is 2. The molecule has 0 aliphatic carbocycles. The number of piperazine rings is 1. The van der Waals surface area contributed by atoms with Crippen LogP contribution in [-0.2, 0) is 14.9 Å². The van der Waals surface area contributed by atoms with E-state index in [2.05, 4.69) is 0 Å². The van der Waals surface area contributed by atoms with E-state index in [0.717, 1.165) is 11.6 Å². The maximum atomic E-state index is 13.7. The van der Waals surface area contributed by atoms with Gasteiger partial charge in [0, 0.05) is 44.4 Å². The summed E-state index contributed by atoms with van der Waals surface area (Å²) >= 11 is 12.3. The molecule has 2 fully saturated rings. The summed E-state index contributed by atoms with van der Waals surface area (Å²) in [4.78, 5) is 30.0. The molecule has 0 atom stereocenters. The van der Waals surface area contributed by atoms with Gasteiger partial charge in [-0.25, -0.2) is 4.39 Å². The number of hydrogen-bond acceptors (Lipinski definition) is 3. The Balaban J connectivity index is 1.49. The average Bonchev–Trinajstić information content (AvgIpc) is 2.79. The number of carbonyl (C=O) groups excluding carboxylic acids is 2. The van der Waals surface area contributed by atoms with Gasteiger partial charge in [-0.15, -0.1) is 0 Å². The van der Waals surface area contributed by atoms with Crippen LogP contribution in [0.1, 0.15) is 28.8 Å². The Labute approximate surface area is 190 Å². The molecule has 2 aromatic carbocycles. The minimum absolute atomic E-state index is 0.0463. The fraction of sp³-hybridized carbons (Fsp3) is 0.391. The summed E-state index contributed by atoms with van der Waals surface area (Å²) in [7, 11) is 0. The molecule has 4 rings (SSSR count). The van der Waals surface area contributed by atoms with E-state index in [9.17, 15) is 14.0 Å². The first-order valence-electron chi connectivity index (χ1n) is 10.3. The predicted molar refractivity (Wildman–Crippen MR) is 117 cm³/mol. The molecule has 31 heavy (non-hydrogen) atoms. The second kappa shape index (κ2) is 9.15. The molecule has 0 radical (unpaired) electrons. The SMILES string of the molecule is O=C(c1ccc(F)cc1Cl)N1CCN(C(=O)C2(c3cccc(Cl)c3)CCOCC2)CC1. The van der Waals surface area contributed by atoms with Crippen LogP contribution in [0.2, 0.25) is 10.0 Å². The third-order valence-electron chi connectivity index (χ3n) is 6.15. The molecule has 2 saturated heterocycles. The predicted octanol–water partition coefficient (Wildman–Crippen LogP) is 4.17. The lowest BCUT2D eigenvalue weighted by atomic mass is 9.73. The lowest BCUT2D eigenvalue weighted by Crippen LogP contribution is -2.56. The normalized spacial score (nSPS) is 18.7. The quantitative estimate of drug-likeness (QED) is 0.684. The van der Waals surface area contributed by atoms with E-state index in [1.54, 1.807) is 11.0 Å². The number of halogens is 3. The maximum absolute atomic E-state index is 13.7. The molecule has 0 N–H and O–H groups in total. The summed E-state index contributed by atoms with van der Waals surface area (Å²) in [5, 5.41) is 0.688. The van der Waals surface area contributed by atoms with Gasteiger partial charge < -0.3 is 14.5 Å². The van der Waals surface area contributed by atoms with Gasteiger partial charge in [0.1, 0.15) is 5.82 Å². The molecular weight excluding hydrogens is 442 g/mol. The zero-order valence-electron chi connectivity index (χ0n) is 17.0. The van der Waals surface area contributed by atoms with Crippen molar-refractivity contribution in [1.29, 1.82) is 0 Å². The number of benzene rings is 2. The number of hydrogen-bond donors (Lipinski definition) is 0. The van der Waals surface area contributed by atoms with Crippen LogP contribution in [0.4, 0.5) is 4.39 Å². The Morgan fingerprint density at radius 2 is 1.61 bits per heavy atom. The van der Waals surface area contributed by atoms with Crippen molar-refractivity contribution in [3.05, 3.63) is 69.5 Å².